The van der Waals surface area contributed by atoms with Crippen LogP contribution >= 0.6 is 11.3 Å². The number of aromatic amines is 2. The second-order valence-electron chi connectivity index (χ2n) is 7.30. The van der Waals surface area contributed by atoms with Crippen molar-refractivity contribution >= 4 is 44.0 Å². The Morgan fingerprint density at radius 3 is 2.58 bits per heavy atom. The Balaban J connectivity index is 1.50. The predicted molar refractivity (Wildman–Crippen MR) is 119 cm³/mol. The number of fused-ring (bicyclic) bond motifs is 2. The zero-order chi connectivity index (χ0) is 21.6. The van der Waals surface area contributed by atoms with Crippen molar-refractivity contribution in [2.24, 2.45) is 0 Å². The number of thiophene rings is 1. The lowest BCUT2D eigenvalue weighted by molar-refractivity contribution is -0.120. The number of anilines is 1. The number of H-pyrrole nitrogens is 2. The molecule has 4 aromatic rings. The molecule has 3 heterocycles. The van der Waals surface area contributed by atoms with Gasteiger partial charge in [-0.15, -0.1) is 11.3 Å². The van der Waals surface area contributed by atoms with E-state index in [0.29, 0.717) is 16.7 Å². The lowest BCUT2D eigenvalue weighted by atomic mass is 9.95. The van der Waals surface area contributed by atoms with Gasteiger partial charge in [0.2, 0.25) is 5.91 Å². The summed E-state index contributed by atoms with van der Waals surface area (Å²) in [4.78, 5) is 30.0. The van der Waals surface area contributed by atoms with Crippen molar-refractivity contribution in [3.63, 3.8) is 0 Å². The number of nitrogens with zero attached hydrogens (tertiary/aromatic N) is 1. The number of benzene rings is 2. The van der Waals surface area contributed by atoms with Crippen LogP contribution in [0.4, 0.5) is 5.69 Å². The minimum atomic E-state index is -3.84. The van der Waals surface area contributed by atoms with E-state index in [0.717, 1.165) is 22.5 Å². The van der Waals surface area contributed by atoms with Crippen LogP contribution in [0.5, 0.6) is 0 Å². The van der Waals surface area contributed by atoms with Gasteiger partial charge in [-0.2, -0.15) is 4.31 Å². The molecular weight excluding hydrogens is 436 g/mol. The summed E-state index contributed by atoms with van der Waals surface area (Å²) in [6, 6.07) is 14.9. The fraction of sp³-hybridized carbons (Fsp3) is 0.143. The quantitative estimate of drug-likeness (QED) is 0.440. The largest absolute Gasteiger partial charge is 0.325 e. The zero-order valence-corrected chi connectivity index (χ0v) is 17.8. The average Bonchev–Trinajstić information content (AvgIpc) is 3.42. The third-order valence-electron chi connectivity index (χ3n) is 5.35. The highest BCUT2D eigenvalue weighted by atomic mass is 32.2. The Bertz CT molecular complexity index is 1440. The van der Waals surface area contributed by atoms with E-state index in [1.165, 1.54) is 4.31 Å². The van der Waals surface area contributed by atoms with Crippen LogP contribution < -0.4 is 11.0 Å². The van der Waals surface area contributed by atoms with Gasteiger partial charge in [-0.25, -0.2) is 13.2 Å². The minimum Gasteiger partial charge on any atom is -0.325 e. The van der Waals surface area contributed by atoms with E-state index < -0.39 is 22.0 Å². The number of rotatable bonds is 4. The second kappa shape index (κ2) is 7.49. The summed E-state index contributed by atoms with van der Waals surface area (Å²) in [5.41, 5.74) is 3.15. The maximum atomic E-state index is 13.3. The molecule has 0 saturated heterocycles. The number of carbonyl (C=O) groups is 1. The number of amides is 1. The Kier molecular flexibility index (Phi) is 4.77. The van der Waals surface area contributed by atoms with Gasteiger partial charge in [-0.3, -0.25) is 4.79 Å². The molecule has 0 spiro atoms. The molecule has 10 heteroatoms. The topological polar surface area (TPSA) is 115 Å². The van der Waals surface area contributed by atoms with Crippen molar-refractivity contribution in [2.45, 2.75) is 23.2 Å². The monoisotopic (exact) mass is 454 g/mol. The number of imidazole rings is 1. The van der Waals surface area contributed by atoms with Crippen LogP contribution in [0.2, 0.25) is 0 Å². The Morgan fingerprint density at radius 1 is 1.03 bits per heavy atom. The Hall–Kier alpha value is -3.21. The molecule has 1 amide bonds. The molecule has 0 fully saturated rings. The van der Waals surface area contributed by atoms with Crippen LogP contribution in [0.15, 0.2) is 69.0 Å². The molecule has 3 N–H and O–H groups in total. The van der Waals surface area contributed by atoms with E-state index in [1.807, 2.05) is 24.3 Å². The van der Waals surface area contributed by atoms with Gasteiger partial charge < -0.3 is 15.3 Å². The molecule has 1 aliphatic rings. The van der Waals surface area contributed by atoms with Crippen LogP contribution in [-0.4, -0.2) is 34.6 Å². The van der Waals surface area contributed by atoms with Gasteiger partial charge in [0.1, 0.15) is 10.3 Å². The first-order chi connectivity index (χ1) is 14.9. The van der Waals surface area contributed by atoms with Gasteiger partial charge >= 0.3 is 5.69 Å². The standard InChI is InChI=1S/C21H18N4O4S2/c26-20(22-15-7-8-16-17(11-15)24-21(27)23-16)18-10-13-4-1-2-5-14(13)12-25(18)31(28,29)19-6-3-9-30-19/h1-9,11,18H,10,12H2,(H,22,26)(H2,23,24,27)/t18-/m0/s1. The molecule has 0 saturated carbocycles. The van der Waals surface area contributed by atoms with Gasteiger partial charge in [0.15, 0.2) is 0 Å². The fourth-order valence-electron chi connectivity index (χ4n) is 3.84. The fourth-order valence-corrected chi connectivity index (χ4v) is 6.52. The van der Waals surface area contributed by atoms with Gasteiger partial charge in [0.25, 0.3) is 10.0 Å². The number of hydrogen-bond donors (Lipinski definition) is 3. The van der Waals surface area contributed by atoms with Crippen LogP contribution in [-0.2, 0) is 27.8 Å². The molecule has 1 aliphatic heterocycles. The highest BCUT2D eigenvalue weighted by Crippen LogP contribution is 2.31. The molecule has 2 aromatic heterocycles. The molecule has 31 heavy (non-hydrogen) atoms. The molecule has 5 rings (SSSR count). The van der Waals surface area contributed by atoms with E-state index in [4.69, 9.17) is 0 Å². The Labute approximate surface area is 181 Å². The van der Waals surface area contributed by atoms with E-state index in [9.17, 15) is 18.0 Å². The lowest BCUT2D eigenvalue weighted by Crippen LogP contribution is -2.50. The van der Waals surface area contributed by atoms with Gasteiger partial charge in [0, 0.05) is 12.2 Å². The van der Waals surface area contributed by atoms with Crippen molar-refractivity contribution in [1.29, 1.82) is 0 Å². The number of hydrogen-bond acceptors (Lipinski definition) is 5. The maximum absolute atomic E-state index is 13.3. The molecule has 0 bridgehead atoms. The van der Waals surface area contributed by atoms with Crippen molar-refractivity contribution in [3.8, 4) is 0 Å². The number of sulfonamides is 1. The van der Waals surface area contributed by atoms with E-state index >= 15 is 0 Å². The molecular formula is C21H18N4O4S2. The maximum Gasteiger partial charge on any atom is 0.323 e. The SMILES string of the molecule is O=C(Nc1ccc2[nH]c(=O)[nH]c2c1)[C@@H]1Cc2ccccc2CN1S(=O)(=O)c1cccs1. The summed E-state index contributed by atoms with van der Waals surface area (Å²) >= 11 is 1.13. The van der Waals surface area contributed by atoms with Crippen LogP contribution in [0.1, 0.15) is 11.1 Å². The lowest BCUT2D eigenvalue weighted by Gasteiger charge is -2.34. The summed E-state index contributed by atoms with van der Waals surface area (Å²) in [5.74, 6) is -0.424. The molecule has 8 nitrogen and oxygen atoms in total. The average molecular weight is 455 g/mol. The third kappa shape index (κ3) is 3.58. The van der Waals surface area contributed by atoms with Crippen LogP contribution in [0.25, 0.3) is 11.0 Å². The number of aromatic nitrogens is 2. The molecule has 2 aromatic carbocycles. The van der Waals surface area contributed by atoms with Crippen molar-refractivity contribution in [1.82, 2.24) is 14.3 Å². The van der Waals surface area contributed by atoms with Crippen LogP contribution in [0.3, 0.4) is 0 Å². The van der Waals surface area contributed by atoms with Crippen molar-refractivity contribution in [3.05, 3.63) is 81.6 Å². The molecule has 0 aliphatic carbocycles. The smallest absolute Gasteiger partial charge is 0.323 e. The zero-order valence-electron chi connectivity index (χ0n) is 16.2. The first kappa shape index (κ1) is 19.7. The third-order valence-corrected chi connectivity index (χ3v) is 8.58. The van der Waals surface area contributed by atoms with E-state index in [2.05, 4.69) is 15.3 Å². The minimum absolute atomic E-state index is 0.124. The van der Waals surface area contributed by atoms with Gasteiger partial charge in [0.05, 0.1) is 11.0 Å². The van der Waals surface area contributed by atoms with Gasteiger partial charge in [-0.05, 0) is 47.2 Å². The molecule has 1 atom stereocenters. The van der Waals surface area contributed by atoms with Crippen molar-refractivity contribution < 1.29 is 13.2 Å². The summed E-state index contributed by atoms with van der Waals surface area (Å²) in [5, 5.41) is 4.51. The molecule has 0 radical (unpaired) electrons. The first-order valence-corrected chi connectivity index (χ1v) is 11.9. The highest BCUT2D eigenvalue weighted by molar-refractivity contribution is 7.91. The normalized spacial score (nSPS) is 16.8. The van der Waals surface area contributed by atoms with Gasteiger partial charge in [-0.1, -0.05) is 30.3 Å². The molecule has 0 unspecified atom stereocenters. The van der Waals surface area contributed by atoms with Crippen molar-refractivity contribution in [2.75, 3.05) is 5.32 Å². The summed E-state index contributed by atoms with van der Waals surface area (Å²) in [7, 11) is -3.84. The highest BCUT2D eigenvalue weighted by Gasteiger charge is 2.40. The van der Waals surface area contributed by atoms with E-state index in [1.54, 1.807) is 35.7 Å². The summed E-state index contributed by atoms with van der Waals surface area (Å²) < 4.78 is 28.1. The summed E-state index contributed by atoms with van der Waals surface area (Å²) in [6.07, 6.45) is 0.274. The summed E-state index contributed by atoms with van der Waals surface area (Å²) in [6.45, 7) is 0.124. The van der Waals surface area contributed by atoms with E-state index in [-0.39, 0.29) is 22.9 Å². The molecule has 158 valence electrons. The first-order valence-electron chi connectivity index (χ1n) is 9.57. The number of carbonyl (C=O) groups excluding carboxylic acids is 1. The predicted octanol–water partition coefficient (Wildman–Crippen LogP) is 2.67. The van der Waals surface area contributed by atoms with Crippen LogP contribution in [0, 0.1) is 0 Å². The number of nitrogens with one attached hydrogen (secondary N) is 3. The Morgan fingerprint density at radius 2 is 1.81 bits per heavy atom. The second-order valence-corrected chi connectivity index (χ2v) is 10.4.